The summed E-state index contributed by atoms with van der Waals surface area (Å²) in [6.07, 6.45) is -2.59. The van der Waals surface area contributed by atoms with Crippen LogP contribution >= 0.6 is 0 Å². The first-order valence-electron chi connectivity index (χ1n) is 15.0. The second-order valence-electron chi connectivity index (χ2n) is 12.4. The SMILES string of the molecule is Cc1cccc2ccnc(N(C(=O)c3ccc(-n4nnc5ccc(C(F)(F)F)nc54)cc3F)[C@@H]3CCCN(C(=O)OC(C)(C)C)C3)c12. The number of hydrogen-bond acceptors (Lipinski definition) is 7. The van der Waals surface area contributed by atoms with E-state index in [1.165, 1.54) is 21.9 Å². The number of halogens is 4. The standard InChI is InChI=1S/C33H31F4N7O3/c1-19-7-5-8-20-14-15-38-29(27(19)20)43(22-9-6-16-42(18-22)31(46)47-32(2,3)4)30(45)23-11-10-21(17-24(23)34)44-28-25(40-41-44)12-13-26(39-28)33(35,36)37/h5,7-8,10-15,17,22H,6,9,16,18H2,1-4H3/t22-/m1/s1. The number of amides is 2. The molecule has 47 heavy (non-hydrogen) atoms. The molecular weight excluding hydrogens is 618 g/mol. The zero-order chi connectivity index (χ0) is 33.7. The molecule has 1 saturated heterocycles. The van der Waals surface area contributed by atoms with Crippen molar-refractivity contribution in [1.29, 1.82) is 0 Å². The van der Waals surface area contributed by atoms with Crippen LogP contribution in [0.4, 0.5) is 28.2 Å². The topological polar surface area (TPSA) is 106 Å². The molecule has 244 valence electrons. The number of aryl methyl sites for hydroxylation is 1. The normalized spacial score (nSPS) is 15.7. The lowest BCUT2D eigenvalue weighted by Gasteiger charge is -2.39. The van der Waals surface area contributed by atoms with Gasteiger partial charge in [-0.05, 0) is 81.8 Å². The second-order valence-corrected chi connectivity index (χ2v) is 12.4. The van der Waals surface area contributed by atoms with Crippen LogP contribution in [0, 0.1) is 12.7 Å². The summed E-state index contributed by atoms with van der Waals surface area (Å²) in [6, 6.07) is 12.4. The van der Waals surface area contributed by atoms with Gasteiger partial charge in [0.1, 0.15) is 28.4 Å². The number of benzene rings is 2. The molecule has 0 aliphatic carbocycles. The van der Waals surface area contributed by atoms with Crippen LogP contribution in [0.1, 0.15) is 55.2 Å². The maximum absolute atomic E-state index is 16.0. The van der Waals surface area contributed by atoms with Crippen molar-refractivity contribution in [2.24, 2.45) is 0 Å². The van der Waals surface area contributed by atoms with Gasteiger partial charge in [0.25, 0.3) is 5.91 Å². The summed E-state index contributed by atoms with van der Waals surface area (Å²) in [5.41, 5.74) is -1.45. The molecule has 0 N–H and O–H groups in total. The van der Waals surface area contributed by atoms with Crippen molar-refractivity contribution in [3.8, 4) is 5.69 Å². The number of alkyl halides is 3. The quantitative estimate of drug-likeness (QED) is 0.196. The number of ether oxygens (including phenoxy) is 1. The number of likely N-dealkylation sites (tertiary alicyclic amines) is 1. The first-order chi connectivity index (χ1) is 22.2. The highest BCUT2D eigenvalue weighted by atomic mass is 19.4. The molecule has 0 saturated carbocycles. The van der Waals surface area contributed by atoms with Gasteiger partial charge >= 0.3 is 12.3 Å². The molecule has 0 radical (unpaired) electrons. The second kappa shape index (κ2) is 11.9. The van der Waals surface area contributed by atoms with E-state index in [1.54, 1.807) is 27.0 Å². The van der Waals surface area contributed by atoms with Crippen molar-refractivity contribution in [1.82, 2.24) is 29.9 Å². The number of pyridine rings is 2. The number of nitrogens with zero attached hydrogens (tertiary/aromatic N) is 7. The van der Waals surface area contributed by atoms with Crippen molar-refractivity contribution in [2.75, 3.05) is 18.0 Å². The Morgan fingerprint density at radius 3 is 2.55 bits per heavy atom. The summed E-state index contributed by atoms with van der Waals surface area (Å²) >= 11 is 0. The van der Waals surface area contributed by atoms with E-state index in [1.807, 2.05) is 31.2 Å². The van der Waals surface area contributed by atoms with Gasteiger partial charge in [-0.2, -0.15) is 17.9 Å². The van der Waals surface area contributed by atoms with E-state index in [-0.39, 0.29) is 29.0 Å². The van der Waals surface area contributed by atoms with Gasteiger partial charge < -0.3 is 9.64 Å². The molecule has 3 aromatic heterocycles. The fraction of sp³-hybridized carbons (Fsp3) is 0.333. The van der Waals surface area contributed by atoms with Gasteiger partial charge in [-0.1, -0.05) is 23.4 Å². The van der Waals surface area contributed by atoms with E-state index in [9.17, 15) is 22.8 Å². The predicted molar refractivity (Wildman–Crippen MR) is 166 cm³/mol. The highest BCUT2D eigenvalue weighted by molar-refractivity contribution is 6.11. The molecule has 1 aliphatic rings. The minimum Gasteiger partial charge on any atom is -0.444 e. The molecule has 1 atom stereocenters. The van der Waals surface area contributed by atoms with Gasteiger partial charge in [0.2, 0.25) is 0 Å². The lowest BCUT2D eigenvalue weighted by Crippen LogP contribution is -2.53. The number of carbonyl (C=O) groups is 2. The van der Waals surface area contributed by atoms with Crippen molar-refractivity contribution in [3.63, 3.8) is 0 Å². The summed E-state index contributed by atoms with van der Waals surface area (Å²) in [5, 5.41) is 9.25. The molecular formula is C33H31F4N7O3. The first kappa shape index (κ1) is 31.8. The van der Waals surface area contributed by atoms with Crippen LogP contribution in [0.15, 0.2) is 60.8 Å². The summed E-state index contributed by atoms with van der Waals surface area (Å²) in [5.74, 6) is -1.32. The number of fused-ring (bicyclic) bond motifs is 2. The maximum atomic E-state index is 16.0. The minimum atomic E-state index is -4.71. The largest absolute Gasteiger partial charge is 0.444 e. The van der Waals surface area contributed by atoms with Crippen molar-refractivity contribution in [2.45, 2.75) is 58.4 Å². The Balaban J connectivity index is 1.41. The Morgan fingerprint density at radius 2 is 1.83 bits per heavy atom. The maximum Gasteiger partial charge on any atom is 0.433 e. The van der Waals surface area contributed by atoms with Gasteiger partial charge in [0, 0.05) is 30.7 Å². The van der Waals surface area contributed by atoms with E-state index in [4.69, 9.17) is 4.74 Å². The Morgan fingerprint density at radius 1 is 1.04 bits per heavy atom. The van der Waals surface area contributed by atoms with Crippen LogP contribution in [0.25, 0.3) is 27.6 Å². The lowest BCUT2D eigenvalue weighted by atomic mass is 10.00. The molecule has 2 aromatic carbocycles. The number of piperidine rings is 1. The Labute approximate surface area is 267 Å². The van der Waals surface area contributed by atoms with Gasteiger partial charge in [-0.15, -0.1) is 5.10 Å². The van der Waals surface area contributed by atoms with Crippen LogP contribution in [0.5, 0.6) is 0 Å². The van der Waals surface area contributed by atoms with Crippen molar-refractivity contribution in [3.05, 3.63) is 83.4 Å². The molecule has 0 bridgehead atoms. The molecule has 1 aliphatic heterocycles. The van der Waals surface area contributed by atoms with Crippen LogP contribution in [-0.4, -0.2) is 66.6 Å². The van der Waals surface area contributed by atoms with Crippen LogP contribution in [0.3, 0.4) is 0 Å². The first-order valence-corrected chi connectivity index (χ1v) is 15.0. The number of hydrogen-bond donors (Lipinski definition) is 0. The van der Waals surface area contributed by atoms with E-state index in [2.05, 4.69) is 20.3 Å². The number of carbonyl (C=O) groups excluding carboxylic acids is 2. The van der Waals surface area contributed by atoms with Gasteiger partial charge in [-0.25, -0.2) is 19.2 Å². The number of anilines is 1. The third-order valence-corrected chi connectivity index (χ3v) is 7.86. The zero-order valence-corrected chi connectivity index (χ0v) is 26.0. The fourth-order valence-corrected chi connectivity index (χ4v) is 5.74. The number of aromatic nitrogens is 5. The molecule has 14 heteroatoms. The zero-order valence-electron chi connectivity index (χ0n) is 26.0. The molecule has 0 spiro atoms. The van der Waals surface area contributed by atoms with E-state index >= 15 is 4.39 Å². The minimum absolute atomic E-state index is 0.0211. The van der Waals surface area contributed by atoms with E-state index < -0.39 is 41.3 Å². The summed E-state index contributed by atoms with van der Waals surface area (Å²) in [4.78, 5) is 38.7. The summed E-state index contributed by atoms with van der Waals surface area (Å²) < 4.78 is 62.6. The average molecular weight is 650 g/mol. The van der Waals surface area contributed by atoms with E-state index in [0.29, 0.717) is 30.6 Å². The Bertz CT molecular complexity index is 2000. The number of rotatable bonds is 4. The van der Waals surface area contributed by atoms with Gasteiger partial charge in [-0.3, -0.25) is 9.69 Å². The van der Waals surface area contributed by atoms with Crippen LogP contribution < -0.4 is 4.90 Å². The van der Waals surface area contributed by atoms with Crippen molar-refractivity contribution < 1.29 is 31.9 Å². The third-order valence-electron chi connectivity index (χ3n) is 7.86. The Hall–Kier alpha value is -5.14. The molecule has 5 aromatic rings. The van der Waals surface area contributed by atoms with Crippen LogP contribution in [0.2, 0.25) is 0 Å². The smallest absolute Gasteiger partial charge is 0.433 e. The van der Waals surface area contributed by atoms with Gasteiger partial charge in [0.05, 0.1) is 17.3 Å². The molecule has 10 nitrogen and oxygen atoms in total. The molecule has 6 rings (SSSR count). The third kappa shape index (κ3) is 6.31. The monoisotopic (exact) mass is 649 g/mol. The highest BCUT2D eigenvalue weighted by Crippen LogP contribution is 2.34. The average Bonchev–Trinajstić information content (AvgIpc) is 3.44. The Kier molecular flexibility index (Phi) is 8.06. The van der Waals surface area contributed by atoms with Crippen LogP contribution in [-0.2, 0) is 10.9 Å². The van der Waals surface area contributed by atoms with Gasteiger partial charge in [0.15, 0.2) is 5.65 Å². The predicted octanol–water partition coefficient (Wildman–Crippen LogP) is 6.88. The highest BCUT2D eigenvalue weighted by Gasteiger charge is 2.37. The fourth-order valence-electron chi connectivity index (χ4n) is 5.74. The van der Waals surface area contributed by atoms with Crippen molar-refractivity contribution >= 4 is 39.8 Å². The molecule has 1 fully saturated rings. The summed E-state index contributed by atoms with van der Waals surface area (Å²) in [6.45, 7) is 7.75. The van der Waals surface area contributed by atoms with E-state index in [0.717, 1.165) is 33.8 Å². The summed E-state index contributed by atoms with van der Waals surface area (Å²) in [7, 11) is 0. The molecule has 2 amide bonds. The lowest BCUT2D eigenvalue weighted by molar-refractivity contribution is -0.141. The molecule has 0 unspecified atom stereocenters. The molecule has 4 heterocycles.